The van der Waals surface area contributed by atoms with E-state index in [1.807, 2.05) is 13.0 Å². The van der Waals surface area contributed by atoms with Gasteiger partial charge in [0, 0.05) is 23.8 Å². The molecule has 1 aromatic carbocycles. The summed E-state index contributed by atoms with van der Waals surface area (Å²) in [4.78, 5) is 56.5. The lowest BCUT2D eigenvalue weighted by molar-refractivity contribution is -0.156. The highest BCUT2D eigenvalue weighted by atomic mass is 32.1. The van der Waals surface area contributed by atoms with Crippen molar-refractivity contribution in [3.8, 4) is 0 Å². The van der Waals surface area contributed by atoms with Gasteiger partial charge in [0.15, 0.2) is 6.61 Å². The lowest BCUT2D eigenvalue weighted by Crippen LogP contribution is -2.69. The number of ketones is 1. The summed E-state index contributed by atoms with van der Waals surface area (Å²) in [7, 11) is 0. The molecular formula is C22H20N2O5S. The van der Waals surface area contributed by atoms with Crippen molar-refractivity contribution >= 4 is 40.6 Å². The number of anilines is 1. The van der Waals surface area contributed by atoms with Gasteiger partial charge in [0.25, 0.3) is 5.91 Å². The lowest BCUT2D eigenvalue weighted by Gasteiger charge is -2.48. The molecule has 2 aliphatic heterocycles. The van der Waals surface area contributed by atoms with Crippen molar-refractivity contribution in [1.82, 2.24) is 4.90 Å². The van der Waals surface area contributed by atoms with Crippen molar-refractivity contribution in [3.05, 3.63) is 51.7 Å². The molecule has 3 heterocycles. The molecular weight excluding hydrogens is 404 g/mol. The van der Waals surface area contributed by atoms with Crippen LogP contribution in [0.1, 0.15) is 50.6 Å². The fraction of sp³-hybridized carbons (Fsp3) is 0.364. The summed E-state index contributed by atoms with van der Waals surface area (Å²) in [6.45, 7) is 1.48. The number of nitrogens with zero attached hydrogens (tertiary/aromatic N) is 2. The van der Waals surface area contributed by atoms with Crippen molar-refractivity contribution in [3.63, 3.8) is 0 Å². The highest BCUT2D eigenvalue weighted by molar-refractivity contribution is 7.14. The van der Waals surface area contributed by atoms with Crippen LogP contribution in [0.15, 0.2) is 36.4 Å². The Morgan fingerprint density at radius 1 is 1.17 bits per heavy atom. The first-order valence-electron chi connectivity index (χ1n) is 9.96. The van der Waals surface area contributed by atoms with Crippen LogP contribution in [-0.2, 0) is 14.3 Å². The predicted molar refractivity (Wildman–Crippen MR) is 109 cm³/mol. The number of para-hydroxylation sites is 1. The molecule has 30 heavy (non-hydrogen) atoms. The smallest absolute Gasteiger partial charge is 0.354 e. The van der Waals surface area contributed by atoms with Crippen LogP contribution in [0.2, 0.25) is 0 Å². The van der Waals surface area contributed by atoms with Crippen LogP contribution in [0, 0.1) is 6.92 Å². The first kappa shape index (κ1) is 19.0. The summed E-state index contributed by atoms with van der Waals surface area (Å²) < 4.78 is 5.46. The van der Waals surface area contributed by atoms with E-state index < -0.39 is 18.2 Å². The Morgan fingerprint density at radius 2 is 1.93 bits per heavy atom. The Bertz CT molecular complexity index is 1090. The molecule has 154 valence electrons. The van der Waals surface area contributed by atoms with Crippen LogP contribution in [0.5, 0.6) is 0 Å². The van der Waals surface area contributed by atoms with Crippen LogP contribution < -0.4 is 4.90 Å². The Kier molecular flexibility index (Phi) is 4.28. The van der Waals surface area contributed by atoms with Gasteiger partial charge in [-0.2, -0.15) is 0 Å². The van der Waals surface area contributed by atoms with Crippen molar-refractivity contribution in [2.24, 2.45) is 0 Å². The van der Waals surface area contributed by atoms with E-state index in [4.69, 9.17) is 4.74 Å². The van der Waals surface area contributed by atoms with Crippen molar-refractivity contribution in [1.29, 1.82) is 0 Å². The SMILES string of the molecule is Cc1ccc(C(=O)COC(=O)C23CCC(=O)N2c2ccccc2C(=O)N3C2CC2)s1. The van der Waals surface area contributed by atoms with Crippen LogP contribution in [0.25, 0.3) is 0 Å². The van der Waals surface area contributed by atoms with Crippen molar-refractivity contribution < 1.29 is 23.9 Å². The number of benzene rings is 1. The minimum absolute atomic E-state index is 0.109. The van der Waals surface area contributed by atoms with Crippen LogP contribution in [-0.4, -0.2) is 46.8 Å². The molecule has 2 aromatic rings. The average molecular weight is 424 g/mol. The van der Waals surface area contributed by atoms with Gasteiger partial charge in [-0.25, -0.2) is 4.79 Å². The van der Waals surface area contributed by atoms with Gasteiger partial charge in [0.2, 0.25) is 17.4 Å². The summed E-state index contributed by atoms with van der Waals surface area (Å²) in [6, 6.07) is 10.3. The van der Waals surface area contributed by atoms with Crippen molar-refractivity contribution in [2.75, 3.05) is 11.5 Å². The molecule has 3 aliphatic rings. The minimum Gasteiger partial charge on any atom is -0.454 e. The summed E-state index contributed by atoms with van der Waals surface area (Å²) in [5.41, 5.74) is -0.678. The topological polar surface area (TPSA) is 84.0 Å². The van der Waals surface area contributed by atoms with Gasteiger partial charge in [0.05, 0.1) is 16.1 Å². The molecule has 8 heteroatoms. The molecule has 0 N–H and O–H groups in total. The molecule has 0 bridgehead atoms. The van der Waals surface area contributed by atoms with Crippen LogP contribution in [0.3, 0.4) is 0 Å². The van der Waals surface area contributed by atoms with E-state index in [-0.39, 0.29) is 36.5 Å². The van der Waals surface area contributed by atoms with E-state index in [0.29, 0.717) is 16.1 Å². The third-order valence-electron chi connectivity index (χ3n) is 5.89. The number of amides is 2. The third-order valence-corrected chi connectivity index (χ3v) is 6.93. The molecule has 0 radical (unpaired) electrons. The molecule has 7 nitrogen and oxygen atoms in total. The molecule has 1 unspecified atom stereocenters. The fourth-order valence-corrected chi connectivity index (χ4v) is 5.21. The number of aryl methyl sites for hydroxylation is 1. The zero-order valence-corrected chi connectivity index (χ0v) is 17.2. The Hall–Kier alpha value is -3.00. The maximum atomic E-state index is 13.4. The van der Waals surface area contributed by atoms with Crippen LogP contribution >= 0.6 is 11.3 Å². The molecule has 0 spiro atoms. The number of esters is 1. The average Bonchev–Trinajstić information content (AvgIpc) is 3.38. The van der Waals surface area contributed by atoms with Crippen molar-refractivity contribution in [2.45, 2.75) is 44.3 Å². The fourth-order valence-electron chi connectivity index (χ4n) is 4.41. The maximum Gasteiger partial charge on any atom is 0.354 e. The molecule has 1 aliphatic carbocycles. The Morgan fingerprint density at radius 3 is 2.63 bits per heavy atom. The number of Topliss-reactive ketones (excluding diaryl/α,β-unsaturated/α-hetero) is 1. The van der Waals surface area contributed by atoms with E-state index in [0.717, 1.165) is 17.7 Å². The third kappa shape index (κ3) is 2.70. The molecule has 1 saturated carbocycles. The Labute approximate surface area is 177 Å². The highest BCUT2D eigenvalue weighted by Gasteiger charge is 2.64. The normalized spacial score (nSPS) is 22.7. The van der Waals surface area contributed by atoms with E-state index in [9.17, 15) is 19.2 Å². The number of carbonyl (C=O) groups excluding carboxylic acids is 4. The zero-order chi connectivity index (χ0) is 21.0. The van der Waals surface area contributed by atoms with Gasteiger partial charge in [0.1, 0.15) is 0 Å². The molecule has 1 atom stereocenters. The summed E-state index contributed by atoms with van der Waals surface area (Å²) in [6.07, 6.45) is 1.85. The summed E-state index contributed by atoms with van der Waals surface area (Å²) >= 11 is 1.34. The second-order valence-electron chi connectivity index (χ2n) is 7.88. The lowest BCUT2D eigenvalue weighted by atomic mass is 9.96. The monoisotopic (exact) mass is 424 g/mol. The first-order chi connectivity index (χ1) is 14.4. The number of hydrogen-bond donors (Lipinski definition) is 0. The summed E-state index contributed by atoms with van der Waals surface area (Å²) in [5, 5.41) is 0. The highest BCUT2D eigenvalue weighted by Crippen LogP contribution is 2.49. The summed E-state index contributed by atoms with van der Waals surface area (Å²) in [5.74, 6) is -1.51. The van der Waals surface area contributed by atoms with E-state index in [1.54, 1.807) is 30.3 Å². The van der Waals surface area contributed by atoms with E-state index >= 15 is 0 Å². The van der Waals surface area contributed by atoms with E-state index in [1.165, 1.54) is 21.1 Å². The van der Waals surface area contributed by atoms with Gasteiger partial charge in [-0.05, 0) is 44.0 Å². The Balaban J connectivity index is 1.51. The number of thiophene rings is 1. The van der Waals surface area contributed by atoms with Gasteiger partial charge >= 0.3 is 5.97 Å². The molecule has 1 saturated heterocycles. The second-order valence-corrected chi connectivity index (χ2v) is 9.17. The molecule has 2 amide bonds. The van der Waals surface area contributed by atoms with Gasteiger partial charge in [-0.1, -0.05) is 12.1 Å². The van der Waals surface area contributed by atoms with Gasteiger partial charge < -0.3 is 9.64 Å². The number of fused-ring (bicyclic) bond motifs is 3. The molecule has 1 aromatic heterocycles. The molecule has 2 fully saturated rings. The number of rotatable bonds is 5. The number of hydrogen-bond acceptors (Lipinski definition) is 6. The largest absolute Gasteiger partial charge is 0.454 e. The first-order valence-corrected chi connectivity index (χ1v) is 10.8. The number of carbonyl (C=O) groups is 4. The number of ether oxygens (including phenoxy) is 1. The minimum atomic E-state index is -1.52. The predicted octanol–water partition coefficient (Wildman–Crippen LogP) is 2.92. The standard InChI is InChI=1S/C22H20N2O5S/c1-13-6-9-18(30-13)17(25)12-29-21(28)22-11-10-19(26)24(22)16-5-3-2-4-15(16)20(27)23(22)14-7-8-14/h2-6,9,14H,7-8,10-12H2,1H3. The molecule has 5 rings (SSSR count). The van der Waals surface area contributed by atoms with Crippen LogP contribution in [0.4, 0.5) is 5.69 Å². The maximum absolute atomic E-state index is 13.4. The van der Waals surface area contributed by atoms with E-state index in [2.05, 4.69) is 0 Å². The second kappa shape index (κ2) is 6.77. The van der Waals surface area contributed by atoms with Gasteiger partial charge in [-0.3, -0.25) is 19.3 Å². The quantitative estimate of drug-likeness (QED) is 0.544. The van der Waals surface area contributed by atoms with Gasteiger partial charge in [-0.15, -0.1) is 11.3 Å². The zero-order valence-electron chi connectivity index (χ0n) is 16.4.